The topological polar surface area (TPSA) is 97.0 Å². The Morgan fingerprint density at radius 3 is 2.00 bits per heavy atom. The number of nitrogens with one attached hydrogen (secondary N) is 2. The van der Waals surface area contributed by atoms with Crippen LogP contribution in [0.2, 0.25) is 0 Å². The summed E-state index contributed by atoms with van der Waals surface area (Å²) in [5.74, 6) is -0.270. The van der Waals surface area contributed by atoms with Gasteiger partial charge in [0, 0.05) is 25.9 Å². The van der Waals surface area contributed by atoms with E-state index in [1.807, 2.05) is 24.3 Å². The predicted molar refractivity (Wildman–Crippen MR) is 141 cm³/mol. The fraction of sp³-hybridized carbons (Fsp3) is 0.483. The van der Waals surface area contributed by atoms with Gasteiger partial charge in [0.1, 0.15) is 12.2 Å². The maximum atomic E-state index is 12.9. The van der Waals surface area contributed by atoms with Gasteiger partial charge in [-0.15, -0.1) is 0 Å². The number of fused-ring (bicyclic) bond motifs is 3. The molecule has 2 aromatic carbocycles. The van der Waals surface area contributed by atoms with E-state index >= 15 is 0 Å². The van der Waals surface area contributed by atoms with Gasteiger partial charge in [-0.2, -0.15) is 0 Å². The number of rotatable bonds is 5. The molecule has 2 N–H and O–H groups in total. The third-order valence-electron chi connectivity index (χ3n) is 6.99. The highest BCUT2D eigenvalue weighted by molar-refractivity contribution is 5.80. The molecule has 2 aliphatic rings. The van der Waals surface area contributed by atoms with Crippen LogP contribution in [0.15, 0.2) is 48.5 Å². The van der Waals surface area contributed by atoms with Crippen molar-refractivity contribution >= 4 is 18.1 Å². The van der Waals surface area contributed by atoms with Gasteiger partial charge in [0.2, 0.25) is 5.91 Å². The summed E-state index contributed by atoms with van der Waals surface area (Å²) in [7, 11) is 3.44. The second kappa shape index (κ2) is 10.8. The van der Waals surface area contributed by atoms with Crippen LogP contribution >= 0.6 is 0 Å². The predicted octanol–water partition coefficient (Wildman–Crippen LogP) is 4.68. The molecule has 0 aromatic heterocycles. The van der Waals surface area contributed by atoms with E-state index in [-0.39, 0.29) is 30.4 Å². The Hall–Kier alpha value is -3.55. The molecule has 3 unspecified atom stereocenters. The molecule has 0 radical (unpaired) electrons. The van der Waals surface area contributed by atoms with Crippen LogP contribution < -0.4 is 10.6 Å². The third-order valence-corrected chi connectivity index (χ3v) is 6.99. The first kappa shape index (κ1) is 26.5. The summed E-state index contributed by atoms with van der Waals surface area (Å²) in [5, 5.41) is 5.82. The number of benzene rings is 2. The fourth-order valence-corrected chi connectivity index (χ4v) is 5.34. The summed E-state index contributed by atoms with van der Waals surface area (Å²) in [6.07, 6.45) is 0.437. The standard InChI is InChI=1S/C29H37N3O5/c1-29(2,3)37-28(35)31-25-16-18(26(33)32(4)5)14-15-24(25)30-27(34)36-17-23-21-12-8-6-10-19(21)20-11-7-9-13-22(20)23/h6-13,18,23-25H,14-17H2,1-5H3,(H,30,34)(H,31,35). The molecular formula is C29H37N3O5. The molecule has 3 amide bonds. The Morgan fingerprint density at radius 2 is 1.43 bits per heavy atom. The van der Waals surface area contributed by atoms with Gasteiger partial charge in [-0.05, 0) is 62.3 Å². The molecule has 2 aromatic rings. The Balaban J connectivity index is 1.42. The maximum absolute atomic E-state index is 12.9. The molecule has 198 valence electrons. The lowest BCUT2D eigenvalue weighted by molar-refractivity contribution is -0.134. The minimum atomic E-state index is -0.659. The van der Waals surface area contributed by atoms with Gasteiger partial charge in [0.25, 0.3) is 0 Å². The second-order valence-corrected chi connectivity index (χ2v) is 11.1. The number of carbonyl (C=O) groups is 3. The van der Waals surface area contributed by atoms with Crippen molar-refractivity contribution in [2.75, 3.05) is 20.7 Å². The average Bonchev–Trinajstić information content (AvgIpc) is 3.16. The molecule has 4 rings (SSSR count). The zero-order valence-corrected chi connectivity index (χ0v) is 22.2. The van der Waals surface area contributed by atoms with Crippen molar-refractivity contribution in [3.05, 3.63) is 59.7 Å². The van der Waals surface area contributed by atoms with Gasteiger partial charge in [-0.1, -0.05) is 48.5 Å². The van der Waals surface area contributed by atoms with Crippen molar-refractivity contribution in [2.45, 2.75) is 63.6 Å². The normalized spacial score (nSPS) is 20.8. The summed E-state index contributed by atoms with van der Waals surface area (Å²) >= 11 is 0. The molecular weight excluding hydrogens is 470 g/mol. The molecule has 8 heteroatoms. The highest BCUT2D eigenvalue weighted by Gasteiger charge is 2.37. The lowest BCUT2D eigenvalue weighted by Crippen LogP contribution is -2.56. The zero-order valence-electron chi connectivity index (χ0n) is 22.2. The van der Waals surface area contributed by atoms with Crippen molar-refractivity contribution < 1.29 is 23.9 Å². The summed E-state index contributed by atoms with van der Waals surface area (Å²) < 4.78 is 11.1. The Morgan fingerprint density at radius 1 is 0.865 bits per heavy atom. The first-order valence-corrected chi connectivity index (χ1v) is 12.9. The van der Waals surface area contributed by atoms with Crippen LogP contribution in [0.25, 0.3) is 11.1 Å². The smallest absolute Gasteiger partial charge is 0.407 e. The number of carbonyl (C=O) groups excluding carboxylic acids is 3. The molecule has 37 heavy (non-hydrogen) atoms. The Bertz CT molecular complexity index is 1110. The molecule has 1 fully saturated rings. The molecule has 8 nitrogen and oxygen atoms in total. The van der Waals surface area contributed by atoms with Gasteiger partial charge in [0.15, 0.2) is 0 Å². The van der Waals surface area contributed by atoms with Crippen molar-refractivity contribution in [3.8, 4) is 11.1 Å². The van der Waals surface area contributed by atoms with Crippen LogP contribution in [0.4, 0.5) is 9.59 Å². The van der Waals surface area contributed by atoms with Crippen LogP contribution in [-0.2, 0) is 14.3 Å². The van der Waals surface area contributed by atoms with E-state index in [0.29, 0.717) is 19.3 Å². The van der Waals surface area contributed by atoms with Crippen molar-refractivity contribution in [1.29, 1.82) is 0 Å². The third kappa shape index (κ3) is 6.24. The molecule has 0 heterocycles. The monoisotopic (exact) mass is 507 g/mol. The van der Waals surface area contributed by atoms with E-state index in [4.69, 9.17) is 9.47 Å². The molecule has 3 atom stereocenters. The molecule has 0 spiro atoms. The van der Waals surface area contributed by atoms with Crippen LogP contribution in [0.1, 0.15) is 57.1 Å². The lowest BCUT2D eigenvalue weighted by Gasteiger charge is -2.37. The van der Waals surface area contributed by atoms with Crippen LogP contribution in [0.3, 0.4) is 0 Å². The lowest BCUT2D eigenvalue weighted by atomic mass is 9.81. The Labute approximate surface area is 218 Å². The van der Waals surface area contributed by atoms with E-state index in [1.165, 1.54) is 0 Å². The quantitative estimate of drug-likeness (QED) is 0.613. The Kier molecular flexibility index (Phi) is 7.76. The van der Waals surface area contributed by atoms with E-state index in [2.05, 4.69) is 34.9 Å². The van der Waals surface area contributed by atoms with Crippen LogP contribution in [0.5, 0.6) is 0 Å². The van der Waals surface area contributed by atoms with E-state index in [9.17, 15) is 14.4 Å². The largest absolute Gasteiger partial charge is 0.449 e. The maximum Gasteiger partial charge on any atom is 0.407 e. The number of amides is 3. The first-order valence-electron chi connectivity index (χ1n) is 12.9. The molecule has 0 saturated heterocycles. The summed E-state index contributed by atoms with van der Waals surface area (Å²) in [6.45, 7) is 5.58. The summed E-state index contributed by atoms with van der Waals surface area (Å²) in [4.78, 5) is 39.6. The highest BCUT2D eigenvalue weighted by atomic mass is 16.6. The van der Waals surface area contributed by atoms with Crippen molar-refractivity contribution in [3.63, 3.8) is 0 Å². The van der Waals surface area contributed by atoms with Gasteiger partial charge in [0.05, 0.1) is 12.1 Å². The van der Waals surface area contributed by atoms with Crippen molar-refractivity contribution in [1.82, 2.24) is 15.5 Å². The number of nitrogens with zero attached hydrogens (tertiary/aromatic N) is 1. The van der Waals surface area contributed by atoms with Gasteiger partial charge >= 0.3 is 12.2 Å². The second-order valence-electron chi connectivity index (χ2n) is 11.1. The minimum absolute atomic E-state index is 0.00980. The van der Waals surface area contributed by atoms with E-state index < -0.39 is 23.8 Å². The zero-order chi connectivity index (χ0) is 26.7. The molecule has 0 bridgehead atoms. The number of ether oxygens (including phenoxy) is 2. The average molecular weight is 508 g/mol. The minimum Gasteiger partial charge on any atom is -0.449 e. The fourth-order valence-electron chi connectivity index (χ4n) is 5.34. The van der Waals surface area contributed by atoms with E-state index in [0.717, 1.165) is 22.3 Å². The number of hydrogen-bond donors (Lipinski definition) is 2. The molecule has 1 saturated carbocycles. The number of alkyl carbamates (subject to hydrolysis) is 2. The highest BCUT2D eigenvalue weighted by Crippen LogP contribution is 2.44. The SMILES string of the molecule is CN(C)C(=O)C1CCC(NC(=O)OCC2c3ccccc3-c3ccccc32)C(NC(=O)OC(C)(C)C)C1. The molecule has 0 aliphatic heterocycles. The number of hydrogen-bond acceptors (Lipinski definition) is 5. The summed E-state index contributed by atoms with van der Waals surface area (Å²) in [5.41, 5.74) is 3.95. The van der Waals surface area contributed by atoms with Crippen LogP contribution in [-0.4, -0.2) is 61.4 Å². The van der Waals surface area contributed by atoms with Gasteiger partial charge in [-0.25, -0.2) is 9.59 Å². The van der Waals surface area contributed by atoms with Crippen molar-refractivity contribution in [2.24, 2.45) is 5.92 Å². The van der Waals surface area contributed by atoms with E-state index in [1.54, 1.807) is 39.8 Å². The van der Waals surface area contributed by atoms with Gasteiger partial charge in [-0.3, -0.25) is 4.79 Å². The molecule has 2 aliphatic carbocycles. The summed E-state index contributed by atoms with van der Waals surface area (Å²) in [6, 6.07) is 15.5. The van der Waals surface area contributed by atoms with Crippen LogP contribution in [0, 0.1) is 5.92 Å². The first-order chi connectivity index (χ1) is 17.5. The van der Waals surface area contributed by atoms with Gasteiger partial charge < -0.3 is 25.0 Å².